The predicted molar refractivity (Wildman–Crippen MR) is 146 cm³/mol. The molecule has 1 N–H and O–H groups in total. The van der Waals surface area contributed by atoms with Crippen molar-refractivity contribution >= 4 is 68.9 Å². The van der Waals surface area contributed by atoms with Crippen molar-refractivity contribution in [1.82, 2.24) is 15.2 Å². The smallest absolute Gasteiger partial charge is 0.301 e. The number of pyridine rings is 1. The highest BCUT2D eigenvalue weighted by atomic mass is 35.5. The molecule has 4 aromatic rings. The van der Waals surface area contributed by atoms with Crippen LogP contribution in [0.5, 0.6) is 0 Å². The molecule has 5 rings (SSSR count). The lowest BCUT2D eigenvalue weighted by Crippen LogP contribution is -2.29. The van der Waals surface area contributed by atoms with Gasteiger partial charge in [-0.1, -0.05) is 88.3 Å². The van der Waals surface area contributed by atoms with E-state index in [1.807, 2.05) is 25.1 Å². The molecule has 11 heteroatoms. The highest BCUT2D eigenvalue weighted by Crippen LogP contribution is 2.44. The predicted octanol–water partition coefficient (Wildman–Crippen LogP) is 6.47. The molecule has 0 spiro atoms. The number of aromatic nitrogens is 3. The van der Waals surface area contributed by atoms with E-state index in [2.05, 4.69) is 15.2 Å². The van der Waals surface area contributed by atoms with E-state index in [4.69, 9.17) is 23.2 Å². The van der Waals surface area contributed by atoms with Crippen LogP contribution >= 0.6 is 46.3 Å². The Bertz CT molecular complexity index is 1520. The number of hydrogen-bond donors (Lipinski definition) is 1. The third-order valence-electron chi connectivity index (χ3n) is 5.74. The van der Waals surface area contributed by atoms with Gasteiger partial charge >= 0.3 is 5.91 Å². The Morgan fingerprint density at radius 3 is 2.59 bits per heavy atom. The Morgan fingerprint density at radius 1 is 1.11 bits per heavy atom. The number of halogens is 2. The van der Waals surface area contributed by atoms with Gasteiger partial charge in [0.05, 0.1) is 11.6 Å². The zero-order valence-electron chi connectivity index (χ0n) is 19.3. The van der Waals surface area contributed by atoms with Crippen molar-refractivity contribution in [3.05, 3.63) is 105 Å². The molecule has 0 radical (unpaired) electrons. The van der Waals surface area contributed by atoms with Crippen molar-refractivity contribution in [3.63, 3.8) is 0 Å². The molecule has 1 aliphatic rings. The van der Waals surface area contributed by atoms with Crippen LogP contribution in [0.4, 0.5) is 5.13 Å². The number of nitrogens with zero attached hydrogens (tertiary/aromatic N) is 4. The topological polar surface area (TPSA) is 96.3 Å². The molecule has 0 bridgehead atoms. The van der Waals surface area contributed by atoms with E-state index < -0.39 is 17.7 Å². The van der Waals surface area contributed by atoms with Gasteiger partial charge in [0.1, 0.15) is 5.76 Å². The van der Waals surface area contributed by atoms with E-state index in [-0.39, 0.29) is 16.5 Å². The van der Waals surface area contributed by atoms with Crippen molar-refractivity contribution in [2.45, 2.75) is 23.1 Å². The summed E-state index contributed by atoms with van der Waals surface area (Å²) in [4.78, 5) is 31.9. The molecule has 3 heterocycles. The summed E-state index contributed by atoms with van der Waals surface area (Å²) in [6.45, 7) is 1.92. The number of ketones is 1. The Hall–Kier alpha value is -3.24. The molecular formula is C26H18Cl2N4O3S2. The number of thioether (sulfide) groups is 1. The number of amides is 1. The van der Waals surface area contributed by atoms with Crippen LogP contribution in [0.15, 0.2) is 76.9 Å². The van der Waals surface area contributed by atoms with Gasteiger partial charge in [-0.2, -0.15) is 0 Å². The maximum atomic E-state index is 13.3. The van der Waals surface area contributed by atoms with Crippen LogP contribution in [-0.2, 0) is 15.3 Å². The number of Topliss-reactive ketones (excluding diaryl/α,β-unsaturated/α-hetero) is 1. The maximum Gasteiger partial charge on any atom is 0.301 e. The molecule has 0 saturated carbocycles. The number of aryl methyl sites for hydroxylation is 1. The van der Waals surface area contributed by atoms with E-state index in [0.29, 0.717) is 31.3 Å². The highest BCUT2D eigenvalue weighted by molar-refractivity contribution is 8.00. The summed E-state index contributed by atoms with van der Waals surface area (Å²) in [6.07, 6.45) is 3.16. The molecule has 1 saturated heterocycles. The second kappa shape index (κ2) is 10.6. The van der Waals surface area contributed by atoms with Crippen LogP contribution in [0.25, 0.3) is 5.76 Å². The molecule has 1 unspecified atom stereocenters. The van der Waals surface area contributed by atoms with Crippen molar-refractivity contribution in [2.75, 3.05) is 4.90 Å². The molecule has 1 fully saturated rings. The van der Waals surface area contributed by atoms with Gasteiger partial charge in [0, 0.05) is 33.8 Å². The first-order chi connectivity index (χ1) is 17.8. The number of carbonyl (C=O) groups excluding carboxylic acids is 2. The molecule has 2 aromatic heterocycles. The summed E-state index contributed by atoms with van der Waals surface area (Å²) in [5.74, 6) is -1.34. The number of aliphatic hydroxyl groups is 1. The number of aliphatic hydroxyl groups excluding tert-OH is 1. The minimum Gasteiger partial charge on any atom is -0.507 e. The summed E-state index contributed by atoms with van der Waals surface area (Å²) < 4.78 is 0.589. The standard InChI is InChI=1S/C26H18Cl2N4O3S2/c1-14-4-6-15(7-5-14)22(33)20-21(16-3-2-10-29-12-16)32(24(35)23(20)34)25-30-31-26(37-25)36-13-17-8-9-18(27)11-19(17)28/h2-12,21,33H,13H2,1H3/b22-20-. The van der Waals surface area contributed by atoms with Crippen LogP contribution in [0.3, 0.4) is 0 Å². The van der Waals surface area contributed by atoms with Gasteiger partial charge in [-0.05, 0) is 36.2 Å². The maximum absolute atomic E-state index is 13.3. The van der Waals surface area contributed by atoms with E-state index in [1.165, 1.54) is 28.0 Å². The Kier molecular flexibility index (Phi) is 7.30. The molecule has 186 valence electrons. The summed E-state index contributed by atoms with van der Waals surface area (Å²) in [6, 6.07) is 14.9. The zero-order valence-corrected chi connectivity index (χ0v) is 22.4. The SMILES string of the molecule is Cc1ccc(/C(O)=C2/C(=O)C(=O)N(c3nnc(SCc4ccc(Cl)cc4Cl)s3)C2c2cccnc2)cc1. The average Bonchev–Trinajstić information content (AvgIpc) is 3.46. The number of rotatable bonds is 6. The molecule has 0 aliphatic carbocycles. The van der Waals surface area contributed by atoms with Crippen LogP contribution < -0.4 is 4.90 Å². The fraction of sp³-hybridized carbons (Fsp3) is 0.115. The lowest BCUT2D eigenvalue weighted by atomic mass is 9.96. The highest BCUT2D eigenvalue weighted by Gasteiger charge is 2.48. The van der Waals surface area contributed by atoms with Crippen molar-refractivity contribution < 1.29 is 14.7 Å². The molecule has 1 amide bonds. The first kappa shape index (κ1) is 25.4. The van der Waals surface area contributed by atoms with Crippen LogP contribution in [0.1, 0.15) is 28.3 Å². The third kappa shape index (κ3) is 5.13. The van der Waals surface area contributed by atoms with Gasteiger partial charge in [-0.15, -0.1) is 10.2 Å². The van der Waals surface area contributed by atoms with Crippen molar-refractivity contribution in [2.24, 2.45) is 0 Å². The molecule has 2 aromatic carbocycles. The first-order valence-electron chi connectivity index (χ1n) is 11.0. The van der Waals surface area contributed by atoms with Gasteiger partial charge in [0.15, 0.2) is 4.34 Å². The van der Waals surface area contributed by atoms with E-state index in [0.717, 1.165) is 11.1 Å². The first-order valence-corrected chi connectivity index (χ1v) is 13.6. The van der Waals surface area contributed by atoms with Gasteiger partial charge in [0.25, 0.3) is 5.78 Å². The number of hydrogen-bond acceptors (Lipinski definition) is 8. The van der Waals surface area contributed by atoms with E-state index in [1.54, 1.807) is 48.8 Å². The van der Waals surface area contributed by atoms with E-state index >= 15 is 0 Å². The third-order valence-corrected chi connectivity index (χ3v) is 8.43. The molecule has 37 heavy (non-hydrogen) atoms. The minimum atomic E-state index is -0.911. The quantitative estimate of drug-likeness (QED) is 0.0935. The van der Waals surface area contributed by atoms with Gasteiger partial charge in [0.2, 0.25) is 5.13 Å². The van der Waals surface area contributed by atoms with Gasteiger partial charge in [-0.25, -0.2) is 0 Å². The largest absolute Gasteiger partial charge is 0.507 e. The number of anilines is 1. The lowest BCUT2D eigenvalue weighted by Gasteiger charge is -2.22. The normalized spacial score (nSPS) is 16.9. The second-order valence-corrected chi connectivity index (χ2v) is 11.2. The molecular weight excluding hydrogens is 551 g/mol. The fourth-order valence-electron chi connectivity index (χ4n) is 3.89. The summed E-state index contributed by atoms with van der Waals surface area (Å²) in [5.41, 5.74) is 2.85. The number of carbonyl (C=O) groups is 2. The Balaban J connectivity index is 1.51. The lowest BCUT2D eigenvalue weighted by molar-refractivity contribution is -0.132. The van der Waals surface area contributed by atoms with Gasteiger partial charge in [-0.3, -0.25) is 19.5 Å². The number of benzene rings is 2. The average molecular weight is 569 g/mol. The fourth-order valence-corrected chi connectivity index (χ4v) is 6.31. The second-order valence-electron chi connectivity index (χ2n) is 8.20. The molecule has 7 nitrogen and oxygen atoms in total. The van der Waals surface area contributed by atoms with Crippen LogP contribution in [0, 0.1) is 6.92 Å². The zero-order chi connectivity index (χ0) is 26.1. The molecule has 1 aliphatic heterocycles. The van der Waals surface area contributed by atoms with Gasteiger partial charge < -0.3 is 5.11 Å². The minimum absolute atomic E-state index is 0.0285. The van der Waals surface area contributed by atoms with Crippen molar-refractivity contribution in [1.29, 1.82) is 0 Å². The van der Waals surface area contributed by atoms with Crippen LogP contribution in [0.2, 0.25) is 10.0 Å². The van der Waals surface area contributed by atoms with Crippen LogP contribution in [-0.4, -0.2) is 32.0 Å². The van der Waals surface area contributed by atoms with E-state index in [9.17, 15) is 14.7 Å². The molecule has 1 atom stereocenters. The Labute approximate surface area is 230 Å². The summed E-state index contributed by atoms with van der Waals surface area (Å²) >= 11 is 14.8. The summed E-state index contributed by atoms with van der Waals surface area (Å²) in [7, 11) is 0. The Morgan fingerprint density at radius 2 is 1.89 bits per heavy atom. The monoisotopic (exact) mass is 568 g/mol. The summed E-state index contributed by atoms with van der Waals surface area (Å²) in [5, 5.41) is 20.9. The van der Waals surface area contributed by atoms with Crippen molar-refractivity contribution in [3.8, 4) is 0 Å².